The van der Waals surface area contributed by atoms with Crippen LogP contribution in [0.25, 0.3) is 0 Å². The third kappa shape index (κ3) is 3.14. The van der Waals surface area contributed by atoms with Gasteiger partial charge in [0.2, 0.25) is 0 Å². The fraction of sp³-hybridized carbons (Fsp3) is 0.500. The van der Waals surface area contributed by atoms with Gasteiger partial charge in [-0.1, -0.05) is 6.92 Å². The van der Waals surface area contributed by atoms with Crippen LogP contribution in [0.1, 0.15) is 42.8 Å². The molecule has 0 amide bonds. The zero-order chi connectivity index (χ0) is 12.3. The highest BCUT2D eigenvalue weighted by atomic mass is 32.1. The second-order valence-corrected chi connectivity index (χ2v) is 5.04. The first-order valence-corrected chi connectivity index (χ1v) is 6.71. The van der Waals surface area contributed by atoms with Gasteiger partial charge in [0.25, 0.3) is 0 Å². The molecule has 4 nitrogen and oxygen atoms in total. The summed E-state index contributed by atoms with van der Waals surface area (Å²) in [7, 11) is 0. The Balaban J connectivity index is 2.03. The topological polar surface area (TPSA) is 50.9 Å². The van der Waals surface area contributed by atoms with Crippen molar-refractivity contribution >= 4 is 11.3 Å². The van der Waals surface area contributed by atoms with E-state index in [1.807, 2.05) is 16.9 Å². The number of hydrogen-bond acceptors (Lipinski definition) is 4. The maximum Gasteiger partial charge on any atom is 0.0950 e. The molecule has 0 fully saturated rings. The minimum absolute atomic E-state index is 0.512. The molecule has 5 heteroatoms. The van der Waals surface area contributed by atoms with E-state index in [0.29, 0.717) is 12.2 Å². The molecule has 0 bridgehead atoms. The number of aromatic nitrogens is 3. The van der Waals surface area contributed by atoms with Crippen molar-refractivity contribution in [1.29, 1.82) is 0 Å². The van der Waals surface area contributed by atoms with Crippen molar-refractivity contribution in [1.82, 2.24) is 14.8 Å². The van der Waals surface area contributed by atoms with E-state index in [1.54, 1.807) is 18.3 Å². The van der Waals surface area contributed by atoms with Crippen LogP contribution in [-0.2, 0) is 13.0 Å². The van der Waals surface area contributed by atoms with E-state index >= 15 is 0 Å². The van der Waals surface area contributed by atoms with Crippen LogP contribution < -0.4 is 0 Å². The molecule has 17 heavy (non-hydrogen) atoms. The van der Waals surface area contributed by atoms with Crippen LogP contribution in [0.3, 0.4) is 0 Å². The van der Waals surface area contributed by atoms with Gasteiger partial charge in [-0.25, -0.2) is 4.98 Å². The molecule has 2 aromatic rings. The van der Waals surface area contributed by atoms with E-state index in [0.717, 1.165) is 18.5 Å². The van der Waals surface area contributed by atoms with Gasteiger partial charge in [-0.3, -0.25) is 4.68 Å². The van der Waals surface area contributed by atoms with Crippen LogP contribution >= 0.6 is 11.3 Å². The molecule has 0 aromatic carbocycles. The maximum absolute atomic E-state index is 9.39. The number of thiazole rings is 1. The predicted octanol–water partition coefficient (Wildman–Crippen LogP) is 2.39. The molecule has 0 aliphatic rings. The number of aryl methyl sites for hydroxylation is 1. The monoisotopic (exact) mass is 251 g/mol. The minimum Gasteiger partial charge on any atom is -0.387 e. The Morgan fingerprint density at radius 1 is 1.53 bits per heavy atom. The molecule has 0 spiro atoms. The van der Waals surface area contributed by atoms with Crippen LogP contribution in [0.4, 0.5) is 0 Å². The Morgan fingerprint density at radius 3 is 3.00 bits per heavy atom. The molecular formula is C12H17N3OS. The highest BCUT2D eigenvalue weighted by molar-refractivity contribution is 7.09. The van der Waals surface area contributed by atoms with E-state index in [9.17, 15) is 5.11 Å². The standard InChI is InChI=1S/C12H17N3OS/c1-3-4-12-13-10(8-17-12)7-15-6-5-11(14-15)9(2)16/h5-6,8-9,16H,3-4,7H2,1-2H3/t9-/m1/s1. The summed E-state index contributed by atoms with van der Waals surface area (Å²) >= 11 is 1.70. The molecule has 2 aromatic heterocycles. The summed E-state index contributed by atoms with van der Waals surface area (Å²) in [5.74, 6) is 0. The van der Waals surface area contributed by atoms with Gasteiger partial charge in [0.05, 0.1) is 29.0 Å². The van der Waals surface area contributed by atoms with Crippen LogP contribution in [0, 0.1) is 0 Å². The first-order chi connectivity index (χ1) is 8.19. The minimum atomic E-state index is -0.512. The second kappa shape index (κ2) is 5.42. The lowest BCUT2D eigenvalue weighted by Gasteiger charge is -1.99. The molecule has 0 aliphatic heterocycles. The molecule has 92 valence electrons. The molecule has 2 heterocycles. The van der Waals surface area contributed by atoms with Crippen LogP contribution in [0.15, 0.2) is 17.6 Å². The summed E-state index contributed by atoms with van der Waals surface area (Å²) in [6.45, 7) is 4.55. The number of hydrogen-bond donors (Lipinski definition) is 1. The average Bonchev–Trinajstić information content (AvgIpc) is 2.89. The van der Waals surface area contributed by atoms with Crippen molar-refractivity contribution in [2.24, 2.45) is 0 Å². The fourth-order valence-corrected chi connectivity index (χ4v) is 2.50. The SMILES string of the molecule is CCCc1nc(Cn2ccc([C@@H](C)O)n2)cs1. The molecule has 0 aliphatic carbocycles. The lowest BCUT2D eigenvalue weighted by Crippen LogP contribution is -2.02. The first kappa shape index (κ1) is 12.3. The molecule has 2 rings (SSSR count). The summed E-state index contributed by atoms with van der Waals surface area (Å²) < 4.78 is 1.81. The Labute approximate surface area is 105 Å². The molecular weight excluding hydrogens is 234 g/mol. The average molecular weight is 251 g/mol. The number of aliphatic hydroxyl groups excluding tert-OH is 1. The summed E-state index contributed by atoms with van der Waals surface area (Å²) in [5.41, 5.74) is 1.74. The van der Waals surface area contributed by atoms with Gasteiger partial charge in [-0.2, -0.15) is 5.10 Å². The highest BCUT2D eigenvalue weighted by Gasteiger charge is 2.06. The van der Waals surface area contributed by atoms with Gasteiger partial charge in [-0.05, 0) is 25.8 Å². The zero-order valence-corrected chi connectivity index (χ0v) is 10.9. The predicted molar refractivity (Wildman–Crippen MR) is 68.1 cm³/mol. The van der Waals surface area contributed by atoms with E-state index in [-0.39, 0.29) is 0 Å². The highest BCUT2D eigenvalue weighted by Crippen LogP contribution is 2.14. The Kier molecular flexibility index (Phi) is 3.91. The molecule has 0 unspecified atom stereocenters. The number of rotatable bonds is 5. The molecule has 1 N–H and O–H groups in total. The Bertz CT molecular complexity index is 476. The quantitative estimate of drug-likeness (QED) is 0.887. The summed E-state index contributed by atoms with van der Waals surface area (Å²) in [6, 6.07) is 1.84. The van der Waals surface area contributed by atoms with Gasteiger partial charge in [0, 0.05) is 11.6 Å². The third-order valence-corrected chi connectivity index (χ3v) is 3.43. The van der Waals surface area contributed by atoms with Crippen molar-refractivity contribution in [3.63, 3.8) is 0 Å². The Morgan fingerprint density at radius 2 is 2.35 bits per heavy atom. The zero-order valence-electron chi connectivity index (χ0n) is 10.1. The molecule has 0 saturated heterocycles. The van der Waals surface area contributed by atoms with Gasteiger partial charge in [-0.15, -0.1) is 11.3 Å². The fourth-order valence-electron chi connectivity index (χ4n) is 1.60. The summed E-state index contributed by atoms with van der Waals surface area (Å²) in [6.07, 6.45) is 3.53. The van der Waals surface area contributed by atoms with Gasteiger partial charge in [0.1, 0.15) is 0 Å². The van der Waals surface area contributed by atoms with Crippen molar-refractivity contribution < 1.29 is 5.11 Å². The van der Waals surface area contributed by atoms with Crippen LogP contribution in [-0.4, -0.2) is 19.9 Å². The molecule has 0 radical (unpaired) electrons. The summed E-state index contributed by atoms with van der Waals surface area (Å²) in [5, 5.41) is 16.9. The number of aliphatic hydroxyl groups is 1. The lowest BCUT2D eigenvalue weighted by molar-refractivity contribution is 0.193. The first-order valence-electron chi connectivity index (χ1n) is 5.83. The molecule has 1 atom stereocenters. The van der Waals surface area contributed by atoms with Crippen molar-refractivity contribution in [3.8, 4) is 0 Å². The van der Waals surface area contributed by atoms with Gasteiger partial charge < -0.3 is 5.11 Å². The van der Waals surface area contributed by atoms with Crippen molar-refractivity contribution in [3.05, 3.63) is 34.0 Å². The van der Waals surface area contributed by atoms with E-state index in [4.69, 9.17) is 0 Å². The third-order valence-electron chi connectivity index (χ3n) is 2.48. The smallest absolute Gasteiger partial charge is 0.0950 e. The molecule has 0 saturated carbocycles. The van der Waals surface area contributed by atoms with E-state index in [2.05, 4.69) is 22.4 Å². The largest absolute Gasteiger partial charge is 0.387 e. The van der Waals surface area contributed by atoms with Crippen LogP contribution in [0.5, 0.6) is 0 Å². The maximum atomic E-state index is 9.39. The van der Waals surface area contributed by atoms with Crippen molar-refractivity contribution in [2.75, 3.05) is 0 Å². The number of nitrogens with zero attached hydrogens (tertiary/aromatic N) is 3. The Hall–Kier alpha value is -1.20. The normalized spacial score (nSPS) is 12.9. The lowest BCUT2D eigenvalue weighted by atomic mass is 10.3. The van der Waals surface area contributed by atoms with Gasteiger partial charge in [0.15, 0.2) is 0 Å². The summed E-state index contributed by atoms with van der Waals surface area (Å²) in [4.78, 5) is 4.54. The van der Waals surface area contributed by atoms with Gasteiger partial charge >= 0.3 is 0 Å². The van der Waals surface area contributed by atoms with E-state index < -0.39 is 6.10 Å². The van der Waals surface area contributed by atoms with Crippen molar-refractivity contribution in [2.45, 2.75) is 39.3 Å². The van der Waals surface area contributed by atoms with Crippen LogP contribution in [0.2, 0.25) is 0 Å². The second-order valence-electron chi connectivity index (χ2n) is 4.10. The van der Waals surface area contributed by atoms with E-state index in [1.165, 1.54) is 5.01 Å².